The molecule has 0 aromatic carbocycles. The van der Waals surface area contributed by atoms with Gasteiger partial charge in [-0.25, -0.2) is 0 Å². The van der Waals surface area contributed by atoms with E-state index < -0.39 is 0 Å². The summed E-state index contributed by atoms with van der Waals surface area (Å²) in [5.74, 6) is 1.77. The van der Waals surface area contributed by atoms with Crippen LogP contribution in [0, 0.1) is 5.41 Å². The van der Waals surface area contributed by atoms with Crippen molar-refractivity contribution in [3.8, 4) is 0 Å². The van der Waals surface area contributed by atoms with Crippen molar-refractivity contribution in [1.82, 2.24) is 5.32 Å². The van der Waals surface area contributed by atoms with E-state index in [2.05, 4.69) is 19.2 Å². The van der Waals surface area contributed by atoms with Gasteiger partial charge in [0.05, 0.1) is 13.1 Å². The Balaban J connectivity index is 2.26. The Labute approximate surface area is 104 Å². The Bertz CT molecular complexity index is 321. The molecule has 0 saturated carbocycles. The fourth-order valence-electron chi connectivity index (χ4n) is 1.62. The van der Waals surface area contributed by atoms with E-state index in [1.54, 1.807) is 7.11 Å². The minimum atomic E-state index is 0.235. The normalized spacial score (nSPS) is 12.0. The third kappa shape index (κ3) is 5.35. The average Bonchev–Trinajstić information content (AvgIpc) is 2.74. The highest BCUT2D eigenvalue weighted by atomic mass is 16.5. The van der Waals surface area contributed by atoms with Crippen LogP contribution in [-0.2, 0) is 17.8 Å². The fourth-order valence-corrected chi connectivity index (χ4v) is 1.62. The van der Waals surface area contributed by atoms with Crippen LogP contribution in [0.4, 0.5) is 0 Å². The smallest absolute Gasteiger partial charge is 0.118 e. The van der Waals surface area contributed by atoms with Gasteiger partial charge in [-0.2, -0.15) is 0 Å². The van der Waals surface area contributed by atoms with E-state index in [0.717, 1.165) is 37.6 Å². The number of ether oxygens (including phenoxy) is 1. The van der Waals surface area contributed by atoms with E-state index in [-0.39, 0.29) is 5.41 Å². The molecule has 0 fully saturated rings. The molecule has 0 amide bonds. The van der Waals surface area contributed by atoms with Crippen LogP contribution >= 0.6 is 0 Å². The first-order chi connectivity index (χ1) is 8.07. The third-order valence-corrected chi connectivity index (χ3v) is 2.80. The highest BCUT2D eigenvalue weighted by Gasteiger charge is 2.16. The van der Waals surface area contributed by atoms with Gasteiger partial charge in [-0.1, -0.05) is 13.8 Å². The summed E-state index contributed by atoms with van der Waals surface area (Å²) in [5.41, 5.74) is 5.72. The number of furan rings is 1. The maximum Gasteiger partial charge on any atom is 0.118 e. The molecule has 0 aliphatic heterocycles. The molecule has 1 aromatic heterocycles. The van der Waals surface area contributed by atoms with Gasteiger partial charge >= 0.3 is 0 Å². The Morgan fingerprint density at radius 3 is 2.65 bits per heavy atom. The van der Waals surface area contributed by atoms with Crippen LogP contribution < -0.4 is 11.1 Å². The van der Waals surface area contributed by atoms with E-state index in [1.165, 1.54) is 0 Å². The molecule has 1 aromatic rings. The van der Waals surface area contributed by atoms with Gasteiger partial charge in [0.2, 0.25) is 0 Å². The molecule has 0 aliphatic rings. The van der Waals surface area contributed by atoms with Gasteiger partial charge in [-0.05, 0) is 24.0 Å². The first-order valence-electron chi connectivity index (χ1n) is 6.05. The third-order valence-electron chi connectivity index (χ3n) is 2.80. The van der Waals surface area contributed by atoms with E-state index >= 15 is 0 Å². The molecule has 0 saturated heterocycles. The Morgan fingerprint density at radius 2 is 2.06 bits per heavy atom. The first kappa shape index (κ1) is 14.2. The Kier molecular flexibility index (Phi) is 5.68. The van der Waals surface area contributed by atoms with E-state index in [0.29, 0.717) is 6.54 Å². The Hall–Kier alpha value is -0.840. The molecule has 3 N–H and O–H groups in total. The highest BCUT2D eigenvalue weighted by Crippen LogP contribution is 2.19. The quantitative estimate of drug-likeness (QED) is 0.728. The van der Waals surface area contributed by atoms with E-state index in [4.69, 9.17) is 14.9 Å². The first-order valence-corrected chi connectivity index (χ1v) is 6.05. The zero-order valence-electron chi connectivity index (χ0n) is 11.1. The number of hydrogen-bond acceptors (Lipinski definition) is 4. The second-order valence-corrected chi connectivity index (χ2v) is 5.08. The molecule has 17 heavy (non-hydrogen) atoms. The van der Waals surface area contributed by atoms with Crippen molar-refractivity contribution < 1.29 is 9.15 Å². The minimum absolute atomic E-state index is 0.235. The Morgan fingerprint density at radius 1 is 1.35 bits per heavy atom. The zero-order valence-corrected chi connectivity index (χ0v) is 11.1. The summed E-state index contributed by atoms with van der Waals surface area (Å²) in [6.45, 7) is 7.40. The summed E-state index contributed by atoms with van der Waals surface area (Å²) >= 11 is 0. The summed E-state index contributed by atoms with van der Waals surface area (Å²) in [6.07, 6.45) is 1.04. The lowest BCUT2D eigenvalue weighted by atomic mass is 9.90. The molecule has 1 heterocycles. The van der Waals surface area contributed by atoms with Crippen LogP contribution in [0.15, 0.2) is 16.5 Å². The van der Waals surface area contributed by atoms with Crippen LogP contribution in [0.2, 0.25) is 0 Å². The zero-order chi connectivity index (χ0) is 12.7. The molecule has 0 aliphatic carbocycles. The maximum absolute atomic E-state index is 5.52. The van der Waals surface area contributed by atoms with Crippen molar-refractivity contribution in [1.29, 1.82) is 0 Å². The lowest BCUT2D eigenvalue weighted by Gasteiger charge is -2.24. The molecule has 1 rings (SSSR count). The van der Waals surface area contributed by atoms with Gasteiger partial charge in [0.1, 0.15) is 11.5 Å². The topological polar surface area (TPSA) is 60.4 Å². The van der Waals surface area contributed by atoms with E-state index in [1.807, 2.05) is 12.1 Å². The minimum Gasteiger partial charge on any atom is -0.463 e. The molecular weight excluding hydrogens is 216 g/mol. The molecule has 0 atom stereocenters. The maximum atomic E-state index is 5.52. The van der Waals surface area contributed by atoms with Crippen molar-refractivity contribution in [2.24, 2.45) is 11.1 Å². The van der Waals surface area contributed by atoms with Crippen LogP contribution in [0.25, 0.3) is 0 Å². The lowest BCUT2D eigenvalue weighted by Crippen LogP contribution is -2.30. The fraction of sp³-hybridized carbons (Fsp3) is 0.692. The molecule has 0 unspecified atom stereocenters. The summed E-state index contributed by atoms with van der Waals surface area (Å²) in [7, 11) is 1.74. The van der Waals surface area contributed by atoms with Crippen molar-refractivity contribution >= 4 is 0 Å². The van der Waals surface area contributed by atoms with Crippen molar-refractivity contribution in [2.75, 3.05) is 20.3 Å². The highest BCUT2D eigenvalue weighted by molar-refractivity contribution is 5.06. The van der Waals surface area contributed by atoms with Gasteiger partial charge in [0.25, 0.3) is 0 Å². The SMILES string of the molecule is COCCC(C)(C)CNCc1ccc(CN)o1. The number of nitrogens with two attached hydrogens (primary N) is 1. The standard InChI is InChI=1S/C13H24N2O2/c1-13(2,6-7-16-3)10-15-9-12-5-4-11(8-14)17-12/h4-5,15H,6-10,14H2,1-3H3. The van der Waals surface area contributed by atoms with Gasteiger partial charge < -0.3 is 20.2 Å². The predicted molar refractivity (Wildman–Crippen MR) is 68.6 cm³/mol. The molecule has 98 valence electrons. The van der Waals surface area contributed by atoms with Crippen LogP contribution in [-0.4, -0.2) is 20.3 Å². The predicted octanol–water partition coefficient (Wildman–Crippen LogP) is 1.89. The van der Waals surface area contributed by atoms with E-state index in [9.17, 15) is 0 Å². The number of hydrogen-bond donors (Lipinski definition) is 2. The summed E-state index contributed by atoms with van der Waals surface area (Å²) in [5, 5.41) is 3.40. The van der Waals surface area contributed by atoms with Crippen molar-refractivity contribution in [3.05, 3.63) is 23.7 Å². The summed E-state index contributed by atoms with van der Waals surface area (Å²) in [6, 6.07) is 3.89. The molecule has 4 heteroatoms. The summed E-state index contributed by atoms with van der Waals surface area (Å²) in [4.78, 5) is 0. The lowest BCUT2D eigenvalue weighted by molar-refractivity contribution is 0.150. The average molecular weight is 240 g/mol. The largest absolute Gasteiger partial charge is 0.463 e. The molecule has 0 spiro atoms. The second-order valence-electron chi connectivity index (χ2n) is 5.08. The van der Waals surface area contributed by atoms with Crippen LogP contribution in [0.1, 0.15) is 31.8 Å². The van der Waals surface area contributed by atoms with Crippen LogP contribution in [0.5, 0.6) is 0 Å². The van der Waals surface area contributed by atoms with Gasteiger partial charge in [-0.3, -0.25) is 0 Å². The molecular formula is C13H24N2O2. The molecule has 0 radical (unpaired) electrons. The van der Waals surface area contributed by atoms with Crippen molar-refractivity contribution in [3.63, 3.8) is 0 Å². The van der Waals surface area contributed by atoms with Crippen molar-refractivity contribution in [2.45, 2.75) is 33.4 Å². The van der Waals surface area contributed by atoms with Gasteiger partial charge in [0, 0.05) is 20.3 Å². The second kappa shape index (κ2) is 6.79. The number of nitrogens with one attached hydrogen (secondary N) is 1. The summed E-state index contributed by atoms with van der Waals surface area (Å²) < 4.78 is 10.6. The molecule has 4 nitrogen and oxygen atoms in total. The molecule has 0 bridgehead atoms. The number of rotatable bonds is 8. The van der Waals surface area contributed by atoms with Gasteiger partial charge in [-0.15, -0.1) is 0 Å². The van der Waals surface area contributed by atoms with Gasteiger partial charge in [0.15, 0.2) is 0 Å². The number of methoxy groups -OCH3 is 1. The monoisotopic (exact) mass is 240 g/mol. The van der Waals surface area contributed by atoms with Crippen LogP contribution in [0.3, 0.4) is 0 Å².